The van der Waals surface area contributed by atoms with Crippen molar-refractivity contribution in [2.45, 2.75) is 47.1 Å². The van der Waals surface area contributed by atoms with Crippen molar-refractivity contribution in [2.75, 3.05) is 18.4 Å². The van der Waals surface area contributed by atoms with Crippen molar-refractivity contribution in [1.82, 2.24) is 15.4 Å². The molecule has 7 nitrogen and oxygen atoms in total. The minimum atomic E-state index is -0.355. The Morgan fingerprint density at radius 2 is 2.00 bits per heavy atom. The van der Waals surface area contributed by atoms with E-state index >= 15 is 0 Å². The van der Waals surface area contributed by atoms with Crippen LogP contribution in [0, 0.1) is 12.8 Å². The van der Waals surface area contributed by atoms with E-state index in [1.54, 1.807) is 13.0 Å². The Labute approximate surface area is 131 Å². The third kappa shape index (κ3) is 6.60. The summed E-state index contributed by atoms with van der Waals surface area (Å²) in [5.41, 5.74) is -0.355. The lowest BCUT2D eigenvalue weighted by Crippen LogP contribution is -2.51. The fourth-order valence-electron chi connectivity index (χ4n) is 1.84. The molecular weight excluding hydrogens is 284 g/mol. The van der Waals surface area contributed by atoms with E-state index in [-0.39, 0.29) is 29.9 Å². The predicted molar refractivity (Wildman–Crippen MR) is 84.6 cm³/mol. The molecule has 0 spiro atoms. The SMILES string of the molecule is Cc1cc(NC(=O)CN(CC(C)C)C(=O)NC(C)(C)C)no1. The number of nitrogens with zero attached hydrogens (tertiary/aromatic N) is 2. The lowest BCUT2D eigenvalue weighted by Gasteiger charge is -2.29. The van der Waals surface area contributed by atoms with Crippen LogP contribution in [0.2, 0.25) is 0 Å². The van der Waals surface area contributed by atoms with Crippen LogP contribution in [0.1, 0.15) is 40.4 Å². The molecule has 0 aromatic carbocycles. The summed E-state index contributed by atoms with van der Waals surface area (Å²) in [4.78, 5) is 25.9. The number of hydrogen-bond donors (Lipinski definition) is 2. The largest absolute Gasteiger partial charge is 0.360 e. The number of rotatable bonds is 5. The monoisotopic (exact) mass is 310 g/mol. The van der Waals surface area contributed by atoms with Crippen LogP contribution in [0.15, 0.2) is 10.6 Å². The Morgan fingerprint density at radius 1 is 1.36 bits per heavy atom. The quantitative estimate of drug-likeness (QED) is 0.874. The van der Waals surface area contributed by atoms with E-state index in [4.69, 9.17) is 4.52 Å². The van der Waals surface area contributed by atoms with Crippen LogP contribution in [0.25, 0.3) is 0 Å². The number of hydrogen-bond acceptors (Lipinski definition) is 4. The number of amides is 3. The highest BCUT2D eigenvalue weighted by atomic mass is 16.5. The molecule has 2 N–H and O–H groups in total. The molecular formula is C15H26N4O3. The molecule has 0 aliphatic carbocycles. The van der Waals surface area contributed by atoms with Gasteiger partial charge in [0, 0.05) is 18.2 Å². The van der Waals surface area contributed by atoms with Gasteiger partial charge in [-0.2, -0.15) is 0 Å². The molecule has 124 valence electrons. The normalized spacial score (nSPS) is 11.4. The first-order valence-corrected chi connectivity index (χ1v) is 7.37. The third-order valence-electron chi connectivity index (χ3n) is 2.58. The summed E-state index contributed by atoms with van der Waals surface area (Å²) in [7, 11) is 0. The summed E-state index contributed by atoms with van der Waals surface area (Å²) >= 11 is 0. The summed E-state index contributed by atoms with van der Waals surface area (Å²) in [5.74, 6) is 0.911. The Hall–Kier alpha value is -2.05. The number of anilines is 1. The minimum Gasteiger partial charge on any atom is -0.360 e. The highest BCUT2D eigenvalue weighted by Gasteiger charge is 2.22. The maximum atomic E-state index is 12.3. The Kier molecular flexibility index (Phi) is 5.96. The molecule has 0 unspecified atom stereocenters. The van der Waals surface area contributed by atoms with Gasteiger partial charge in [0.15, 0.2) is 5.82 Å². The van der Waals surface area contributed by atoms with E-state index in [1.807, 2.05) is 34.6 Å². The molecule has 0 atom stereocenters. The summed E-state index contributed by atoms with van der Waals surface area (Å²) in [5, 5.41) is 9.19. The van der Waals surface area contributed by atoms with Crippen LogP contribution in [-0.2, 0) is 4.79 Å². The topological polar surface area (TPSA) is 87.5 Å². The second-order valence-corrected chi connectivity index (χ2v) is 6.83. The van der Waals surface area contributed by atoms with Crippen LogP contribution in [-0.4, -0.2) is 40.6 Å². The smallest absolute Gasteiger partial charge is 0.318 e. The molecule has 0 fully saturated rings. The van der Waals surface area contributed by atoms with Gasteiger partial charge in [-0.1, -0.05) is 19.0 Å². The number of aromatic nitrogens is 1. The summed E-state index contributed by atoms with van der Waals surface area (Å²) in [6.45, 7) is 11.9. The molecule has 0 bridgehead atoms. The van der Waals surface area contributed by atoms with Crippen LogP contribution >= 0.6 is 0 Å². The molecule has 0 saturated carbocycles. The van der Waals surface area contributed by atoms with Crippen molar-refractivity contribution < 1.29 is 14.1 Å². The van der Waals surface area contributed by atoms with Crippen molar-refractivity contribution in [1.29, 1.82) is 0 Å². The maximum absolute atomic E-state index is 12.3. The minimum absolute atomic E-state index is 0.0357. The first kappa shape index (κ1) is 18.0. The maximum Gasteiger partial charge on any atom is 0.318 e. The van der Waals surface area contributed by atoms with Gasteiger partial charge < -0.3 is 20.1 Å². The van der Waals surface area contributed by atoms with Crippen molar-refractivity contribution in [3.05, 3.63) is 11.8 Å². The molecule has 0 saturated heterocycles. The summed E-state index contributed by atoms with van der Waals surface area (Å²) in [6, 6.07) is 1.37. The second-order valence-electron chi connectivity index (χ2n) is 6.83. The van der Waals surface area contributed by atoms with Gasteiger partial charge in [-0.15, -0.1) is 0 Å². The zero-order chi connectivity index (χ0) is 16.9. The van der Waals surface area contributed by atoms with Gasteiger partial charge in [-0.25, -0.2) is 4.79 Å². The molecule has 7 heteroatoms. The summed E-state index contributed by atoms with van der Waals surface area (Å²) < 4.78 is 4.89. The second kappa shape index (κ2) is 7.29. The number of urea groups is 1. The van der Waals surface area contributed by atoms with Crippen LogP contribution in [0.3, 0.4) is 0 Å². The van der Waals surface area contributed by atoms with Crippen molar-refractivity contribution >= 4 is 17.8 Å². The summed E-state index contributed by atoms with van der Waals surface area (Å²) in [6.07, 6.45) is 0. The lowest BCUT2D eigenvalue weighted by atomic mass is 10.1. The Morgan fingerprint density at radius 3 is 2.45 bits per heavy atom. The highest BCUT2D eigenvalue weighted by molar-refractivity contribution is 5.93. The van der Waals surface area contributed by atoms with Crippen molar-refractivity contribution in [2.24, 2.45) is 5.92 Å². The van der Waals surface area contributed by atoms with Gasteiger partial charge in [-0.3, -0.25) is 4.79 Å². The zero-order valence-electron chi connectivity index (χ0n) is 14.2. The Balaban J connectivity index is 2.67. The van der Waals surface area contributed by atoms with Gasteiger partial charge in [0.1, 0.15) is 12.3 Å². The van der Waals surface area contributed by atoms with Crippen molar-refractivity contribution in [3.8, 4) is 0 Å². The van der Waals surface area contributed by atoms with Gasteiger partial charge >= 0.3 is 6.03 Å². The molecule has 22 heavy (non-hydrogen) atoms. The number of aryl methyl sites for hydroxylation is 1. The third-order valence-corrected chi connectivity index (χ3v) is 2.58. The molecule has 0 radical (unpaired) electrons. The van der Waals surface area contributed by atoms with Crippen LogP contribution in [0.4, 0.5) is 10.6 Å². The van der Waals surface area contributed by atoms with Gasteiger partial charge in [0.05, 0.1) is 0 Å². The van der Waals surface area contributed by atoms with Gasteiger partial charge in [-0.05, 0) is 33.6 Å². The standard InChI is InChI=1S/C15H26N4O3/c1-10(2)8-19(14(21)17-15(4,5)6)9-13(20)16-12-7-11(3)22-18-12/h7,10H,8-9H2,1-6H3,(H,17,21)(H,16,18,20). The van der Waals surface area contributed by atoms with E-state index in [0.29, 0.717) is 18.1 Å². The van der Waals surface area contributed by atoms with Crippen LogP contribution in [0.5, 0.6) is 0 Å². The van der Waals surface area contributed by atoms with E-state index in [9.17, 15) is 9.59 Å². The number of nitrogens with one attached hydrogen (secondary N) is 2. The van der Waals surface area contributed by atoms with Gasteiger partial charge in [0.2, 0.25) is 5.91 Å². The Bertz CT molecular complexity index is 517. The molecule has 1 heterocycles. The highest BCUT2D eigenvalue weighted by Crippen LogP contribution is 2.08. The first-order valence-electron chi connectivity index (χ1n) is 7.37. The number of carbonyl (C=O) groups is 2. The fourth-order valence-corrected chi connectivity index (χ4v) is 1.84. The molecule has 1 aromatic heterocycles. The van der Waals surface area contributed by atoms with E-state index in [0.717, 1.165) is 0 Å². The van der Waals surface area contributed by atoms with Gasteiger partial charge in [0.25, 0.3) is 0 Å². The van der Waals surface area contributed by atoms with Crippen molar-refractivity contribution in [3.63, 3.8) is 0 Å². The first-order chi connectivity index (χ1) is 10.1. The molecule has 0 aliphatic rings. The number of carbonyl (C=O) groups excluding carboxylic acids is 2. The molecule has 3 amide bonds. The molecule has 1 rings (SSSR count). The zero-order valence-corrected chi connectivity index (χ0v) is 14.2. The van der Waals surface area contributed by atoms with E-state index in [2.05, 4.69) is 15.8 Å². The van der Waals surface area contributed by atoms with E-state index < -0.39 is 0 Å². The molecule has 0 aliphatic heterocycles. The average molecular weight is 310 g/mol. The lowest BCUT2D eigenvalue weighted by molar-refractivity contribution is -0.116. The van der Waals surface area contributed by atoms with E-state index in [1.165, 1.54) is 4.90 Å². The molecule has 1 aromatic rings. The fraction of sp³-hybridized carbons (Fsp3) is 0.667. The predicted octanol–water partition coefficient (Wildman–Crippen LogP) is 2.39. The van der Waals surface area contributed by atoms with Crippen LogP contribution < -0.4 is 10.6 Å². The average Bonchev–Trinajstić information content (AvgIpc) is 2.70.